The van der Waals surface area contributed by atoms with Gasteiger partial charge in [0, 0.05) is 0 Å². The van der Waals surface area contributed by atoms with Crippen LogP contribution in [0.1, 0.15) is 9.67 Å². The van der Waals surface area contributed by atoms with Crippen LogP contribution in [0.15, 0.2) is 11.7 Å². The van der Waals surface area contributed by atoms with E-state index in [1.54, 1.807) is 0 Å². The maximum atomic E-state index is 12.8. The monoisotopic (exact) mass is 372 g/mol. The molecule has 0 saturated heterocycles. The molecule has 0 spiro atoms. The van der Waals surface area contributed by atoms with Gasteiger partial charge >= 0.3 is 23.9 Å². The third kappa shape index (κ3) is 3.86. The molecule has 1 rings (SSSR count). The number of aromatic nitrogens is 1. The number of rotatable bonds is 4. The van der Waals surface area contributed by atoms with Crippen molar-refractivity contribution in [1.29, 1.82) is 0 Å². The normalized spacial score (nSPS) is 14.0. The van der Waals surface area contributed by atoms with Crippen LogP contribution in [0, 0.1) is 0 Å². The van der Waals surface area contributed by atoms with E-state index in [1.807, 2.05) is 0 Å². The van der Waals surface area contributed by atoms with Crippen molar-refractivity contribution in [3.63, 3.8) is 0 Å². The molecular formula is C8H4F6NO5S2-. The highest BCUT2D eigenvalue weighted by Gasteiger charge is 2.75. The Bertz CT molecular complexity index is 621. The fourth-order valence-electron chi connectivity index (χ4n) is 1.24. The molecule has 0 radical (unpaired) electrons. The Morgan fingerprint density at radius 3 is 2.05 bits per heavy atom. The molecule has 0 aliphatic carbocycles. The van der Waals surface area contributed by atoms with E-state index in [0.717, 1.165) is 5.51 Å². The van der Waals surface area contributed by atoms with E-state index in [-0.39, 0.29) is 0 Å². The molecule has 1 heterocycles. The van der Waals surface area contributed by atoms with Crippen molar-refractivity contribution in [1.82, 2.24) is 4.98 Å². The maximum Gasteiger partial charge on any atom is 0.438 e. The largest absolute Gasteiger partial charge is 0.748 e. The Labute approximate surface area is 122 Å². The minimum atomic E-state index is -6.39. The van der Waals surface area contributed by atoms with Gasteiger partial charge in [-0.3, -0.25) is 4.98 Å². The van der Waals surface area contributed by atoms with Gasteiger partial charge in [0.15, 0.2) is 0 Å². The lowest BCUT2D eigenvalue weighted by molar-refractivity contribution is -0.356. The lowest BCUT2D eigenvalue weighted by atomic mass is 10.1. The van der Waals surface area contributed by atoms with Gasteiger partial charge in [-0.25, -0.2) is 13.2 Å². The summed E-state index contributed by atoms with van der Waals surface area (Å²) < 4.78 is 111. The Balaban J connectivity index is 3.40. The molecule has 126 valence electrons. The highest BCUT2D eigenvalue weighted by atomic mass is 32.2. The van der Waals surface area contributed by atoms with Crippen molar-refractivity contribution in [3.05, 3.63) is 16.6 Å². The molecule has 0 aliphatic heterocycles. The van der Waals surface area contributed by atoms with Gasteiger partial charge in [-0.15, -0.1) is 11.3 Å². The molecule has 0 aromatic carbocycles. The molecule has 0 amide bonds. The van der Waals surface area contributed by atoms with Crippen LogP contribution in [-0.2, 0) is 14.9 Å². The number of halogens is 6. The quantitative estimate of drug-likeness (QED) is 0.454. The predicted molar refractivity (Wildman–Crippen MR) is 56.9 cm³/mol. The predicted octanol–water partition coefficient (Wildman–Crippen LogP) is 1.71. The summed E-state index contributed by atoms with van der Waals surface area (Å²) in [5.74, 6) is -5.14. The third-order valence-electron chi connectivity index (χ3n) is 2.20. The molecule has 0 aliphatic rings. The number of alkyl halides is 6. The van der Waals surface area contributed by atoms with Crippen LogP contribution in [0.2, 0.25) is 0 Å². The maximum absolute atomic E-state index is 12.8. The number of carbonyl (C=O) groups excluding carboxylic acids is 1. The zero-order valence-electron chi connectivity index (χ0n) is 9.93. The first kappa shape index (κ1) is 18.6. The molecular weight excluding hydrogens is 368 g/mol. The summed E-state index contributed by atoms with van der Waals surface area (Å²) in [4.78, 5) is 13.9. The van der Waals surface area contributed by atoms with Crippen LogP contribution in [-0.4, -0.2) is 47.6 Å². The number of esters is 1. The Hall–Kier alpha value is -1.41. The van der Waals surface area contributed by atoms with Gasteiger partial charge in [0.25, 0.3) is 0 Å². The van der Waals surface area contributed by atoms with Gasteiger partial charge in [-0.05, 0) is 0 Å². The van der Waals surface area contributed by atoms with Crippen LogP contribution in [0.5, 0.6) is 0 Å². The summed E-state index contributed by atoms with van der Waals surface area (Å²) in [5.41, 5.74) is -4.55. The van der Waals surface area contributed by atoms with Crippen molar-refractivity contribution in [2.24, 2.45) is 0 Å². The van der Waals surface area contributed by atoms with E-state index in [0.29, 0.717) is 17.5 Å². The van der Waals surface area contributed by atoms with E-state index >= 15 is 0 Å². The molecule has 22 heavy (non-hydrogen) atoms. The van der Waals surface area contributed by atoms with Crippen LogP contribution in [0.25, 0.3) is 0 Å². The molecule has 0 saturated carbocycles. The van der Waals surface area contributed by atoms with Crippen molar-refractivity contribution in [2.75, 3.05) is 5.75 Å². The first-order valence-corrected chi connectivity index (χ1v) is 7.34. The molecule has 6 nitrogen and oxygen atoms in total. The van der Waals surface area contributed by atoms with E-state index in [2.05, 4.69) is 9.72 Å². The second-order valence-electron chi connectivity index (χ2n) is 3.78. The lowest BCUT2D eigenvalue weighted by Crippen LogP contribution is -2.63. The molecule has 0 atom stereocenters. The fraction of sp³-hybridized carbons (Fsp3) is 0.500. The van der Waals surface area contributed by atoms with E-state index in [1.165, 1.54) is 0 Å². The molecule has 0 N–H and O–H groups in total. The molecule has 1 aromatic heterocycles. The molecule has 0 fully saturated rings. The first-order chi connectivity index (χ1) is 9.70. The Kier molecular flexibility index (Phi) is 4.79. The number of thiazole rings is 1. The zero-order chi connectivity index (χ0) is 17.4. The summed E-state index contributed by atoms with van der Waals surface area (Å²) in [5, 5.41) is 0. The van der Waals surface area contributed by atoms with Gasteiger partial charge in [0.1, 0.15) is 4.88 Å². The lowest BCUT2D eigenvalue weighted by Gasteiger charge is -2.36. The smallest absolute Gasteiger partial charge is 0.438 e. The van der Waals surface area contributed by atoms with Gasteiger partial charge in [0.2, 0.25) is 0 Å². The number of ether oxygens (including phenoxy) is 1. The molecule has 0 bridgehead atoms. The summed E-state index contributed by atoms with van der Waals surface area (Å²) in [6.45, 7) is 0. The molecule has 14 heteroatoms. The van der Waals surface area contributed by atoms with Gasteiger partial charge in [-0.2, -0.15) is 26.3 Å². The van der Waals surface area contributed by atoms with Gasteiger partial charge in [-0.1, -0.05) is 0 Å². The van der Waals surface area contributed by atoms with Crippen molar-refractivity contribution in [2.45, 2.75) is 18.0 Å². The van der Waals surface area contributed by atoms with Gasteiger partial charge < -0.3 is 9.29 Å². The Morgan fingerprint density at radius 2 is 1.73 bits per heavy atom. The van der Waals surface area contributed by atoms with Crippen molar-refractivity contribution >= 4 is 27.4 Å². The van der Waals surface area contributed by atoms with Crippen LogP contribution < -0.4 is 0 Å². The minimum Gasteiger partial charge on any atom is -0.748 e. The van der Waals surface area contributed by atoms with Gasteiger partial charge in [0.05, 0.1) is 27.6 Å². The SMILES string of the molecule is O=C(OC(CS(=O)(=O)[O-])(C(F)(F)F)C(F)(F)F)c1cncs1. The minimum absolute atomic E-state index is 0.363. The summed E-state index contributed by atoms with van der Waals surface area (Å²) in [7, 11) is -6.04. The number of hydrogen-bond donors (Lipinski definition) is 0. The fourth-order valence-corrected chi connectivity index (χ4v) is 2.62. The average Bonchev–Trinajstić information content (AvgIpc) is 2.75. The van der Waals surface area contributed by atoms with E-state index in [4.69, 9.17) is 0 Å². The molecule has 1 aromatic rings. The first-order valence-electron chi connectivity index (χ1n) is 4.88. The summed E-state index contributed by atoms with van der Waals surface area (Å²) >= 11 is 0.363. The summed E-state index contributed by atoms with van der Waals surface area (Å²) in [6.07, 6.45) is -12.2. The molecule has 0 unspecified atom stereocenters. The topological polar surface area (TPSA) is 96.4 Å². The Morgan fingerprint density at radius 1 is 1.23 bits per heavy atom. The van der Waals surface area contributed by atoms with E-state index < -0.39 is 44.7 Å². The summed E-state index contributed by atoms with van der Waals surface area (Å²) in [6, 6.07) is 0. The van der Waals surface area contributed by atoms with Crippen molar-refractivity contribution < 1.29 is 48.8 Å². The third-order valence-corrected chi connectivity index (χ3v) is 3.71. The second kappa shape index (κ2) is 5.66. The number of nitrogens with zero attached hydrogens (tertiary/aromatic N) is 1. The number of hydrogen-bond acceptors (Lipinski definition) is 7. The van der Waals surface area contributed by atoms with Crippen LogP contribution in [0.3, 0.4) is 0 Å². The highest BCUT2D eigenvalue weighted by Crippen LogP contribution is 2.47. The zero-order valence-corrected chi connectivity index (χ0v) is 11.6. The standard InChI is InChI=1S/C8H5F6NO5S2/c9-7(10,11)6(8(12,13)14,2-22(17,18)19)20-5(16)4-1-15-3-21-4/h1,3H,2H2,(H,17,18,19)/p-1. The second-order valence-corrected chi connectivity index (χ2v) is 6.07. The highest BCUT2D eigenvalue weighted by molar-refractivity contribution is 7.85. The average molecular weight is 372 g/mol. The number of carbonyl (C=O) groups is 1. The van der Waals surface area contributed by atoms with E-state index in [9.17, 15) is 44.1 Å². The van der Waals surface area contributed by atoms with Crippen LogP contribution >= 0.6 is 11.3 Å². The van der Waals surface area contributed by atoms with Crippen molar-refractivity contribution in [3.8, 4) is 0 Å². The van der Waals surface area contributed by atoms with Crippen LogP contribution in [0.4, 0.5) is 26.3 Å².